The predicted octanol–water partition coefficient (Wildman–Crippen LogP) is 3.28. The van der Waals surface area contributed by atoms with Crippen LogP contribution in [0.5, 0.6) is 0 Å². The highest BCUT2D eigenvalue weighted by Gasteiger charge is 2.31. The monoisotopic (exact) mass is 456 g/mol. The summed E-state index contributed by atoms with van der Waals surface area (Å²) in [6.45, 7) is 0. The quantitative estimate of drug-likeness (QED) is 0.307. The molecule has 0 unspecified atom stereocenters. The Morgan fingerprint density at radius 3 is 1.32 bits per heavy atom. The maximum Gasteiger partial charge on any atom is 0.0549 e. The molecule has 0 fully saturated rings. The fraction of sp³-hybridized carbons (Fsp3) is 0. The van der Waals surface area contributed by atoms with E-state index in [-0.39, 0.29) is 0 Å². The van der Waals surface area contributed by atoms with E-state index in [9.17, 15) is 0 Å². The van der Waals surface area contributed by atoms with Gasteiger partial charge in [-0.15, -0.1) is 17.7 Å². The van der Waals surface area contributed by atoms with Crippen LogP contribution in [0.1, 0.15) is 22.3 Å². The molecule has 0 amide bonds. The molecule has 2 aromatic rings. The number of benzene rings is 2. The molecule has 0 bridgehead atoms. The Morgan fingerprint density at radius 2 is 0.955 bits per heavy atom. The second-order valence-electron chi connectivity index (χ2n) is 4.97. The molecule has 0 aliphatic heterocycles. The molecule has 2 aromatic carbocycles. The van der Waals surface area contributed by atoms with Gasteiger partial charge in [0, 0.05) is 53.2 Å². The van der Waals surface area contributed by atoms with Crippen molar-refractivity contribution in [2.45, 2.75) is 0 Å². The van der Waals surface area contributed by atoms with Crippen LogP contribution >= 0.6 is 49.6 Å². The Morgan fingerprint density at radius 1 is 0.636 bits per heavy atom. The van der Waals surface area contributed by atoms with E-state index in [1.807, 2.05) is 0 Å². The van der Waals surface area contributed by atoms with Gasteiger partial charge in [-0.2, -0.15) is 0 Å². The largest absolute Gasteiger partial charge is 0.398 e. The zero-order valence-corrected chi connectivity index (χ0v) is 16.4. The van der Waals surface area contributed by atoms with Crippen LogP contribution in [0, 0.1) is 0 Å². The van der Waals surface area contributed by atoms with E-state index >= 15 is 0 Å². The molecule has 0 saturated carbocycles. The first-order chi connectivity index (χ1) is 10.3. The summed E-state index contributed by atoms with van der Waals surface area (Å²) in [6.07, 6.45) is 0. The molecule has 8 heteroatoms. The highest BCUT2D eigenvalue weighted by molar-refractivity contribution is 9.11. The van der Waals surface area contributed by atoms with Gasteiger partial charge in [-0.3, -0.25) is 0 Å². The normalized spacial score (nSPS) is 13.0. The van der Waals surface area contributed by atoms with E-state index in [4.69, 9.17) is 22.9 Å². The zero-order chi connectivity index (χ0) is 16.3. The summed E-state index contributed by atoms with van der Waals surface area (Å²) in [7, 11) is 7.35. The summed E-state index contributed by atoms with van der Waals surface area (Å²) in [5.74, 6) is 0. The van der Waals surface area contributed by atoms with Gasteiger partial charge in [-0.05, 0) is 44.0 Å². The number of nitrogens with two attached hydrogens (primary N) is 4. The Hall–Kier alpha value is -1.06. The average molecular weight is 458 g/mol. The lowest BCUT2D eigenvalue weighted by molar-refractivity contribution is 1.49. The Bertz CT molecular complexity index is 824. The lowest BCUT2D eigenvalue weighted by Crippen LogP contribution is -2.25. The van der Waals surface area contributed by atoms with Gasteiger partial charge in [-0.1, -0.05) is 0 Å². The van der Waals surface area contributed by atoms with Crippen molar-refractivity contribution in [1.29, 1.82) is 0 Å². The summed E-state index contributed by atoms with van der Waals surface area (Å²) in [4.78, 5) is 0. The van der Waals surface area contributed by atoms with Crippen LogP contribution in [0.15, 0.2) is 21.1 Å². The van der Waals surface area contributed by atoms with Gasteiger partial charge in [0.1, 0.15) is 0 Å². The number of anilines is 4. The minimum atomic E-state index is 0.577. The van der Waals surface area contributed by atoms with Crippen molar-refractivity contribution in [2.24, 2.45) is 0 Å². The van der Waals surface area contributed by atoms with E-state index in [1.54, 1.807) is 12.1 Å². The molecule has 0 saturated heterocycles. The van der Waals surface area contributed by atoms with Crippen molar-refractivity contribution in [2.75, 3.05) is 22.9 Å². The number of rotatable bonds is 0. The van der Waals surface area contributed by atoms with Gasteiger partial charge in [0.05, 0.1) is 11.4 Å². The molecule has 0 spiro atoms. The van der Waals surface area contributed by atoms with Crippen LogP contribution in [-0.2, 0) is 0 Å². The molecular weight excluding hydrogens is 446 g/mol. The Kier molecular flexibility index (Phi) is 3.77. The van der Waals surface area contributed by atoms with Crippen LogP contribution < -0.4 is 22.9 Å². The van der Waals surface area contributed by atoms with Crippen molar-refractivity contribution in [1.82, 2.24) is 0 Å². The third kappa shape index (κ3) is 2.02. The van der Waals surface area contributed by atoms with Crippen LogP contribution in [0.25, 0.3) is 0 Å². The van der Waals surface area contributed by atoms with Crippen LogP contribution in [-0.4, -0.2) is 10.6 Å². The van der Waals surface area contributed by atoms with Crippen LogP contribution in [0.4, 0.5) is 22.7 Å². The second kappa shape index (κ2) is 5.24. The molecule has 1 aliphatic rings. The molecule has 0 atom stereocenters. The first-order valence-electron chi connectivity index (χ1n) is 6.19. The summed E-state index contributed by atoms with van der Waals surface area (Å²) < 4.78 is 1.45. The van der Waals surface area contributed by atoms with Crippen molar-refractivity contribution < 1.29 is 0 Å². The lowest BCUT2D eigenvalue weighted by atomic mass is 9.82. The molecule has 0 aromatic heterocycles. The maximum atomic E-state index is 6.24. The van der Waals surface area contributed by atoms with Crippen LogP contribution in [0.3, 0.4) is 0 Å². The molecule has 8 N–H and O–H groups in total. The van der Waals surface area contributed by atoms with Crippen LogP contribution in [0.2, 0.25) is 0 Å². The smallest absolute Gasteiger partial charge is 0.0549 e. The Balaban J connectivity index is 2.49. The number of nitrogen functional groups attached to an aromatic ring is 4. The summed E-state index contributed by atoms with van der Waals surface area (Å²) in [5, 5.41) is 1.52. The zero-order valence-electron chi connectivity index (χ0n) is 11.2. The number of halogens is 2. The molecule has 4 nitrogen and oxygen atoms in total. The van der Waals surface area contributed by atoms with Crippen molar-refractivity contribution in [3.8, 4) is 0 Å². The summed E-state index contributed by atoms with van der Waals surface area (Å²) in [5.41, 5.74) is 30.3. The standard InChI is InChI=1S/C14H12Br2N4P2/c15-3-1-5(17)7-9(11(3)19)14(22)10-8(13(7)21)6(18)2-4(16)12(10)20/h1-2,21-22H,17-20H2. The van der Waals surface area contributed by atoms with Gasteiger partial charge < -0.3 is 22.9 Å². The van der Waals surface area contributed by atoms with Gasteiger partial charge in [0.2, 0.25) is 0 Å². The molecule has 3 rings (SSSR count). The topological polar surface area (TPSA) is 104 Å². The van der Waals surface area contributed by atoms with E-state index < -0.39 is 0 Å². The molecule has 0 heterocycles. The minimum absolute atomic E-state index is 0.577. The predicted molar refractivity (Wildman–Crippen MR) is 109 cm³/mol. The van der Waals surface area contributed by atoms with Crippen molar-refractivity contribution in [3.63, 3.8) is 0 Å². The van der Waals surface area contributed by atoms with E-state index in [0.29, 0.717) is 22.7 Å². The summed E-state index contributed by atoms with van der Waals surface area (Å²) >= 11 is 6.86. The summed E-state index contributed by atoms with van der Waals surface area (Å²) in [6, 6.07) is 3.55. The maximum absolute atomic E-state index is 6.24. The molecule has 22 heavy (non-hydrogen) atoms. The number of hydrogen-bond donors (Lipinski definition) is 4. The van der Waals surface area contributed by atoms with E-state index in [1.165, 1.54) is 0 Å². The Labute approximate surface area is 148 Å². The lowest BCUT2D eigenvalue weighted by Gasteiger charge is -2.29. The van der Waals surface area contributed by atoms with E-state index in [0.717, 1.165) is 41.8 Å². The molecule has 1 aliphatic carbocycles. The number of hydrogen-bond acceptors (Lipinski definition) is 4. The van der Waals surface area contributed by atoms with Crippen molar-refractivity contribution >= 4 is 82.9 Å². The first-order valence-corrected chi connectivity index (χ1v) is 8.77. The fourth-order valence-corrected chi connectivity index (χ4v) is 4.63. The second-order valence-corrected chi connectivity index (χ2v) is 7.68. The minimum Gasteiger partial charge on any atom is -0.398 e. The molecule has 0 radical (unpaired) electrons. The van der Waals surface area contributed by atoms with Gasteiger partial charge in [0.25, 0.3) is 0 Å². The number of fused-ring (bicyclic) bond motifs is 2. The SMILES string of the molecule is Nc1cc(Br)c(N)c2c1C(=P)c1c(N)cc(Br)c(N)c1C2=P. The highest BCUT2D eigenvalue weighted by atomic mass is 79.9. The third-order valence-corrected chi connectivity index (χ3v) is 6.01. The average Bonchev–Trinajstić information content (AvgIpc) is 2.44. The molecular formula is C14H12Br2N4P2. The van der Waals surface area contributed by atoms with Gasteiger partial charge >= 0.3 is 0 Å². The van der Waals surface area contributed by atoms with Gasteiger partial charge in [0.15, 0.2) is 0 Å². The first kappa shape index (κ1) is 15.8. The van der Waals surface area contributed by atoms with Crippen molar-refractivity contribution in [3.05, 3.63) is 43.3 Å². The highest BCUT2D eigenvalue weighted by Crippen LogP contribution is 2.44. The van der Waals surface area contributed by atoms with Gasteiger partial charge in [-0.25, -0.2) is 0 Å². The third-order valence-electron chi connectivity index (χ3n) is 3.70. The molecule has 112 valence electrons. The van der Waals surface area contributed by atoms with E-state index in [2.05, 4.69) is 49.6 Å². The fourth-order valence-electron chi connectivity index (χ4n) is 2.68.